The summed E-state index contributed by atoms with van der Waals surface area (Å²) in [6.07, 6.45) is 3.49. The maximum Gasteiger partial charge on any atom is 0.369 e. The molecule has 1 fully saturated rings. The van der Waals surface area contributed by atoms with Crippen molar-refractivity contribution in [1.29, 1.82) is 0 Å². The lowest BCUT2D eigenvalue weighted by atomic mass is 9.88. The van der Waals surface area contributed by atoms with E-state index in [1.54, 1.807) is 0 Å². The van der Waals surface area contributed by atoms with Crippen LogP contribution >= 0.6 is 0 Å². The molecule has 1 saturated carbocycles. The van der Waals surface area contributed by atoms with E-state index in [0.29, 0.717) is 6.42 Å². The van der Waals surface area contributed by atoms with Gasteiger partial charge in [-0.3, -0.25) is 10.2 Å². The molecular weight excluding hydrogens is 308 g/mol. The van der Waals surface area contributed by atoms with Crippen LogP contribution in [0.5, 0.6) is 0 Å². The van der Waals surface area contributed by atoms with Crippen molar-refractivity contribution in [2.24, 2.45) is 22.9 Å². The van der Waals surface area contributed by atoms with Crippen molar-refractivity contribution < 1.29 is 23.7 Å². The second-order valence-corrected chi connectivity index (χ2v) is 7.99. The number of ketones is 1. The van der Waals surface area contributed by atoms with Crippen molar-refractivity contribution in [2.75, 3.05) is 6.26 Å². The lowest BCUT2D eigenvalue weighted by Crippen LogP contribution is -2.42. The molecule has 0 aromatic heterocycles. The topological polar surface area (TPSA) is 126 Å². The number of allylic oxidation sites excluding steroid dienone is 3. The molecule has 0 spiro atoms. The lowest BCUT2D eigenvalue weighted by Gasteiger charge is -2.21. The van der Waals surface area contributed by atoms with Gasteiger partial charge in [-0.05, 0) is 42.7 Å². The molecule has 0 aromatic rings. The first kappa shape index (κ1) is 16.7. The van der Waals surface area contributed by atoms with Crippen LogP contribution in [0.25, 0.3) is 0 Å². The minimum atomic E-state index is -3.45. The third kappa shape index (κ3) is 2.93. The van der Waals surface area contributed by atoms with E-state index in [0.717, 1.165) is 6.26 Å². The molecule has 0 aromatic carbocycles. The fourth-order valence-electron chi connectivity index (χ4n) is 3.37. The number of aliphatic hydroxyl groups excluding tert-OH is 1. The highest BCUT2D eigenvalue weighted by molar-refractivity contribution is 7.94. The Balaban J connectivity index is 2.58. The number of nitroso groups, excluding NO2 is 1. The summed E-state index contributed by atoms with van der Waals surface area (Å²) in [5.74, 6) is -2.15. The van der Waals surface area contributed by atoms with E-state index in [-0.39, 0.29) is 34.4 Å². The number of carbonyl (C=O) groups excluding carboxylic acids is 1. The van der Waals surface area contributed by atoms with Gasteiger partial charge in [-0.2, -0.15) is 0 Å². The van der Waals surface area contributed by atoms with Crippen LogP contribution in [0.3, 0.4) is 0 Å². The number of fused-ring (bicyclic) bond motifs is 2. The van der Waals surface area contributed by atoms with E-state index < -0.39 is 27.8 Å². The molecule has 0 radical (unpaired) electrons. The van der Waals surface area contributed by atoms with Crippen LogP contribution in [0.1, 0.15) is 19.8 Å². The number of carbonyl (C=O) groups is 1. The average molecular weight is 327 g/mol. The Morgan fingerprint density at radius 1 is 1.45 bits per heavy atom. The van der Waals surface area contributed by atoms with E-state index in [9.17, 15) is 23.2 Å². The van der Waals surface area contributed by atoms with Gasteiger partial charge < -0.3 is 5.11 Å². The van der Waals surface area contributed by atoms with Gasteiger partial charge in [0, 0.05) is 17.1 Å². The van der Waals surface area contributed by atoms with Crippen molar-refractivity contribution in [3.8, 4) is 0 Å². The third-order valence-corrected chi connectivity index (χ3v) is 5.65. The monoisotopic (exact) mass is 327 g/mol. The molecule has 2 unspecified atom stereocenters. The Hall–Kier alpha value is -1.67. The molecule has 120 valence electrons. The number of sulfone groups is 1. The van der Waals surface area contributed by atoms with Gasteiger partial charge in [0.05, 0.1) is 17.6 Å². The van der Waals surface area contributed by atoms with Crippen molar-refractivity contribution >= 4 is 21.5 Å². The molecule has 2 aliphatic carbocycles. The number of hydrogen-bond acceptors (Lipinski definition) is 5. The first-order valence-electron chi connectivity index (χ1n) is 6.95. The Kier molecular flexibility index (Phi) is 4.44. The molecule has 2 bridgehead atoms. The van der Waals surface area contributed by atoms with Crippen molar-refractivity contribution in [2.45, 2.75) is 25.9 Å². The summed E-state index contributed by atoms with van der Waals surface area (Å²) in [5.41, 5.74) is 0.231. The van der Waals surface area contributed by atoms with Crippen LogP contribution in [-0.2, 0) is 14.6 Å². The predicted octanol–water partition coefficient (Wildman–Crippen LogP) is -0.629. The van der Waals surface area contributed by atoms with Crippen LogP contribution in [-0.4, -0.2) is 37.5 Å². The molecule has 0 heterocycles. The van der Waals surface area contributed by atoms with Gasteiger partial charge >= 0.3 is 5.84 Å². The molecule has 0 saturated heterocycles. The number of rotatable bonds is 3. The van der Waals surface area contributed by atoms with Gasteiger partial charge in [-0.25, -0.2) is 8.42 Å². The fourth-order valence-corrected chi connectivity index (χ4v) is 4.20. The highest BCUT2D eigenvalue weighted by atomic mass is 32.2. The Morgan fingerprint density at radius 2 is 2.09 bits per heavy atom. The van der Waals surface area contributed by atoms with Crippen molar-refractivity contribution in [1.82, 2.24) is 0 Å². The third-order valence-electron chi connectivity index (χ3n) is 4.40. The quantitative estimate of drug-likeness (QED) is 0.405. The summed E-state index contributed by atoms with van der Waals surface area (Å²) in [5, 5.41) is 18.1. The summed E-state index contributed by atoms with van der Waals surface area (Å²) in [4.78, 5) is 23.4. The minimum absolute atomic E-state index is 0.160. The van der Waals surface area contributed by atoms with Crippen LogP contribution in [0, 0.1) is 22.7 Å². The van der Waals surface area contributed by atoms with Crippen LogP contribution in [0.4, 0.5) is 0 Å². The molecule has 0 amide bonds. The average Bonchev–Trinajstić information content (AvgIpc) is 2.72. The zero-order chi connectivity index (χ0) is 16.7. The summed E-state index contributed by atoms with van der Waals surface area (Å²) >= 11 is 0. The number of aliphatic hydroxyl groups is 1. The zero-order valence-corrected chi connectivity index (χ0v) is 13.2. The molecule has 2 aliphatic rings. The van der Waals surface area contributed by atoms with Crippen molar-refractivity contribution in [3.63, 3.8) is 0 Å². The predicted molar refractivity (Wildman–Crippen MR) is 80.1 cm³/mol. The van der Waals surface area contributed by atoms with Crippen LogP contribution in [0.15, 0.2) is 27.8 Å². The molecular formula is C14H19N2O5S+. The Bertz CT molecular complexity index is 690. The maximum absolute atomic E-state index is 12.5. The van der Waals surface area contributed by atoms with E-state index in [1.165, 1.54) is 19.1 Å². The number of nitrogens with two attached hydrogens (primary N) is 1. The van der Waals surface area contributed by atoms with Gasteiger partial charge in [0.15, 0.2) is 9.84 Å². The minimum Gasteiger partial charge on any atom is -0.393 e. The fraction of sp³-hybridized carbons (Fsp3) is 0.571. The molecule has 4 atom stereocenters. The van der Waals surface area contributed by atoms with Gasteiger partial charge in [0.25, 0.3) is 0 Å². The summed E-state index contributed by atoms with van der Waals surface area (Å²) in [6.45, 7) is 1.51. The molecule has 0 aliphatic heterocycles. The summed E-state index contributed by atoms with van der Waals surface area (Å²) < 4.78 is 23.7. The zero-order valence-electron chi connectivity index (χ0n) is 12.4. The molecule has 2 rings (SSSR count). The number of amidine groups is 1. The van der Waals surface area contributed by atoms with E-state index in [2.05, 4.69) is 5.18 Å². The van der Waals surface area contributed by atoms with Gasteiger partial charge in [-0.15, -0.1) is 0 Å². The van der Waals surface area contributed by atoms with Crippen molar-refractivity contribution in [3.05, 3.63) is 27.5 Å². The summed E-state index contributed by atoms with van der Waals surface area (Å²) in [7, 11) is -3.45. The van der Waals surface area contributed by atoms with E-state index in [4.69, 9.17) is 5.41 Å². The van der Waals surface area contributed by atoms with Gasteiger partial charge in [-0.1, -0.05) is 0 Å². The largest absolute Gasteiger partial charge is 0.393 e. The molecule has 7 nitrogen and oxygen atoms in total. The second-order valence-electron chi connectivity index (χ2n) is 5.92. The highest BCUT2D eigenvalue weighted by Crippen LogP contribution is 2.44. The second kappa shape index (κ2) is 5.85. The number of Topliss-reactive ketones (excluding diaryl/α,β-unsaturated/α-hetero) is 1. The number of nitrogens with zero attached hydrogens (tertiary/aromatic N) is 1. The Morgan fingerprint density at radius 3 is 2.59 bits per heavy atom. The van der Waals surface area contributed by atoms with E-state index in [1.807, 2.05) is 0 Å². The molecule has 22 heavy (non-hydrogen) atoms. The smallest absolute Gasteiger partial charge is 0.369 e. The molecule has 3 N–H and O–H groups in total. The number of hydrogen-bond donors (Lipinski definition) is 2. The standard InChI is InChI=1S/C14H18N2O5S/c1-7(17)12-8-5-9(22(2,20)21)3-4-10(14(15)16-19)11(6-8)13(12)18/h3-4,7-8,11-12,15,17H,5-6H2,1-2H3/p+1/t7-,8?,11?,12-/m1/s1. The summed E-state index contributed by atoms with van der Waals surface area (Å²) in [6, 6.07) is 0. The SMILES string of the molecule is C[C@@H](O)[C@H]1C(=O)C2CC1CC(S(C)(=O)=O)=CC=C2C(=[NH2+])N=O. The normalized spacial score (nSPS) is 30.0. The van der Waals surface area contributed by atoms with Gasteiger partial charge in [0.2, 0.25) is 5.18 Å². The first-order valence-corrected chi connectivity index (χ1v) is 8.84. The highest BCUT2D eigenvalue weighted by Gasteiger charge is 2.48. The maximum atomic E-state index is 12.5. The first-order chi connectivity index (χ1) is 10.2. The van der Waals surface area contributed by atoms with Gasteiger partial charge in [0.1, 0.15) is 5.78 Å². The van der Waals surface area contributed by atoms with Crippen LogP contribution in [0.2, 0.25) is 0 Å². The Labute approximate surface area is 128 Å². The van der Waals surface area contributed by atoms with E-state index >= 15 is 0 Å². The molecule has 8 heteroatoms. The van der Waals surface area contributed by atoms with Crippen LogP contribution < -0.4 is 5.41 Å². The lowest BCUT2D eigenvalue weighted by molar-refractivity contribution is -0.127.